The predicted octanol–water partition coefficient (Wildman–Crippen LogP) is 4.30. The molecule has 0 N–H and O–H groups in total. The quantitative estimate of drug-likeness (QED) is 0.767. The van der Waals surface area contributed by atoms with E-state index in [9.17, 15) is 4.79 Å². The lowest BCUT2D eigenvalue weighted by atomic mass is 10.0. The van der Waals surface area contributed by atoms with Crippen molar-refractivity contribution >= 4 is 17.6 Å². The second kappa shape index (κ2) is 7.11. The molecule has 20 heavy (non-hydrogen) atoms. The van der Waals surface area contributed by atoms with Crippen molar-refractivity contribution in [3.05, 3.63) is 70.2 Å². The third-order valence-corrected chi connectivity index (χ3v) is 3.33. The van der Waals surface area contributed by atoms with Crippen molar-refractivity contribution in [2.45, 2.75) is 19.8 Å². The highest BCUT2D eigenvalue weighted by atomic mass is 35.5. The van der Waals surface area contributed by atoms with Crippen molar-refractivity contribution < 1.29 is 9.53 Å². The van der Waals surface area contributed by atoms with Crippen molar-refractivity contribution in [1.82, 2.24) is 0 Å². The molecule has 0 aliphatic rings. The van der Waals surface area contributed by atoms with Crippen molar-refractivity contribution in [1.29, 1.82) is 0 Å². The maximum atomic E-state index is 11.5. The van der Waals surface area contributed by atoms with Gasteiger partial charge >= 0.3 is 5.97 Å². The van der Waals surface area contributed by atoms with E-state index >= 15 is 0 Å². The third kappa shape index (κ3) is 4.10. The summed E-state index contributed by atoms with van der Waals surface area (Å²) in [7, 11) is 0. The second-order valence-electron chi connectivity index (χ2n) is 4.54. The molecule has 0 atom stereocenters. The van der Waals surface area contributed by atoms with Gasteiger partial charge in [-0.15, -0.1) is 0 Å². The molecule has 0 aromatic heterocycles. The molecular formula is C17H17ClO2. The standard InChI is InChI=1S/C17H17ClO2/c1-2-20-17(19)15-9-5-13(6-10-15)3-4-14-7-11-16(18)12-8-14/h5-12H,2-4H2,1H3. The van der Waals surface area contributed by atoms with Crippen LogP contribution in [-0.2, 0) is 17.6 Å². The average Bonchev–Trinajstić information content (AvgIpc) is 2.47. The van der Waals surface area contributed by atoms with Gasteiger partial charge in [-0.25, -0.2) is 4.79 Å². The first-order chi connectivity index (χ1) is 9.69. The number of hydrogen-bond acceptors (Lipinski definition) is 2. The van der Waals surface area contributed by atoms with Crippen LogP contribution in [0.1, 0.15) is 28.4 Å². The molecule has 3 heteroatoms. The average molecular weight is 289 g/mol. The Bertz CT molecular complexity index is 559. The van der Waals surface area contributed by atoms with Gasteiger partial charge in [-0.1, -0.05) is 35.9 Å². The number of aryl methyl sites for hydroxylation is 2. The van der Waals surface area contributed by atoms with Gasteiger partial charge in [-0.2, -0.15) is 0 Å². The van der Waals surface area contributed by atoms with Crippen LogP contribution < -0.4 is 0 Å². The summed E-state index contributed by atoms with van der Waals surface area (Å²) in [6, 6.07) is 15.5. The minimum atomic E-state index is -0.267. The number of halogens is 1. The van der Waals surface area contributed by atoms with Crippen LogP contribution in [0, 0.1) is 0 Å². The van der Waals surface area contributed by atoms with E-state index in [-0.39, 0.29) is 5.97 Å². The molecule has 0 spiro atoms. The first-order valence-corrected chi connectivity index (χ1v) is 7.07. The van der Waals surface area contributed by atoms with Crippen molar-refractivity contribution in [3.63, 3.8) is 0 Å². The summed E-state index contributed by atoms with van der Waals surface area (Å²) in [5.41, 5.74) is 3.05. The van der Waals surface area contributed by atoms with Gasteiger partial charge in [-0.05, 0) is 55.2 Å². The van der Waals surface area contributed by atoms with Gasteiger partial charge in [0.2, 0.25) is 0 Å². The van der Waals surface area contributed by atoms with Gasteiger partial charge in [0.15, 0.2) is 0 Å². The van der Waals surface area contributed by atoms with Crippen LogP contribution in [-0.4, -0.2) is 12.6 Å². The highest BCUT2D eigenvalue weighted by molar-refractivity contribution is 6.30. The second-order valence-corrected chi connectivity index (χ2v) is 4.98. The first-order valence-electron chi connectivity index (χ1n) is 6.69. The van der Waals surface area contributed by atoms with Crippen molar-refractivity contribution in [2.24, 2.45) is 0 Å². The molecule has 0 aliphatic heterocycles. The lowest BCUT2D eigenvalue weighted by Crippen LogP contribution is -2.04. The minimum absolute atomic E-state index is 0.267. The Kier molecular flexibility index (Phi) is 5.19. The Hall–Kier alpha value is -1.80. The third-order valence-electron chi connectivity index (χ3n) is 3.08. The number of ether oxygens (including phenoxy) is 1. The van der Waals surface area contributed by atoms with Crippen LogP contribution in [0.4, 0.5) is 0 Å². The van der Waals surface area contributed by atoms with E-state index in [1.165, 1.54) is 11.1 Å². The fraction of sp³-hybridized carbons (Fsp3) is 0.235. The molecule has 104 valence electrons. The summed E-state index contributed by atoms with van der Waals surface area (Å²) in [6.45, 7) is 2.20. The normalized spacial score (nSPS) is 10.3. The maximum absolute atomic E-state index is 11.5. The molecule has 0 aliphatic carbocycles. The van der Waals surface area contributed by atoms with Gasteiger partial charge in [0, 0.05) is 5.02 Å². The van der Waals surface area contributed by atoms with Gasteiger partial charge < -0.3 is 4.74 Å². The Morgan fingerprint density at radius 2 is 1.45 bits per heavy atom. The van der Waals surface area contributed by atoms with E-state index in [0.29, 0.717) is 12.2 Å². The molecule has 2 aromatic rings. The molecule has 0 saturated heterocycles. The van der Waals surface area contributed by atoms with E-state index in [2.05, 4.69) is 0 Å². The van der Waals surface area contributed by atoms with Crippen LogP contribution in [0.5, 0.6) is 0 Å². The molecule has 2 aromatic carbocycles. The monoisotopic (exact) mass is 288 g/mol. The Labute approximate surface area is 124 Å². The topological polar surface area (TPSA) is 26.3 Å². The summed E-state index contributed by atoms with van der Waals surface area (Å²) in [5, 5.41) is 0.757. The maximum Gasteiger partial charge on any atom is 0.338 e. The SMILES string of the molecule is CCOC(=O)c1ccc(CCc2ccc(Cl)cc2)cc1. The van der Waals surface area contributed by atoms with Crippen LogP contribution >= 0.6 is 11.6 Å². The fourth-order valence-electron chi connectivity index (χ4n) is 1.96. The molecule has 0 saturated carbocycles. The summed E-state index contributed by atoms with van der Waals surface area (Å²) < 4.78 is 4.96. The molecule has 2 rings (SSSR count). The van der Waals surface area contributed by atoms with Gasteiger partial charge in [0.05, 0.1) is 12.2 Å². The van der Waals surface area contributed by atoms with Gasteiger partial charge in [-0.3, -0.25) is 0 Å². The Morgan fingerprint density at radius 1 is 0.950 bits per heavy atom. The zero-order valence-corrected chi connectivity index (χ0v) is 12.2. The zero-order chi connectivity index (χ0) is 14.4. The number of carbonyl (C=O) groups excluding carboxylic acids is 1. The number of rotatable bonds is 5. The molecule has 0 fully saturated rings. The number of carbonyl (C=O) groups is 1. The van der Waals surface area contributed by atoms with Crippen LogP contribution in [0.3, 0.4) is 0 Å². The molecule has 0 amide bonds. The van der Waals surface area contributed by atoms with E-state index in [0.717, 1.165) is 17.9 Å². The number of benzene rings is 2. The summed E-state index contributed by atoms with van der Waals surface area (Å²) in [4.78, 5) is 11.5. The van der Waals surface area contributed by atoms with E-state index in [1.807, 2.05) is 48.5 Å². The predicted molar refractivity (Wildman–Crippen MR) is 81.3 cm³/mol. The van der Waals surface area contributed by atoms with Crippen molar-refractivity contribution in [2.75, 3.05) is 6.61 Å². The zero-order valence-electron chi connectivity index (χ0n) is 11.4. The number of esters is 1. The Balaban J connectivity index is 1.93. The number of hydrogen-bond donors (Lipinski definition) is 0. The smallest absolute Gasteiger partial charge is 0.338 e. The molecule has 0 heterocycles. The molecule has 0 bridgehead atoms. The summed E-state index contributed by atoms with van der Waals surface area (Å²) in [6.07, 6.45) is 1.89. The molecule has 0 radical (unpaired) electrons. The van der Waals surface area contributed by atoms with E-state index in [4.69, 9.17) is 16.3 Å². The molecule has 0 unspecified atom stereocenters. The molecular weight excluding hydrogens is 272 g/mol. The lowest BCUT2D eigenvalue weighted by Gasteiger charge is -2.05. The molecule has 2 nitrogen and oxygen atoms in total. The fourth-order valence-corrected chi connectivity index (χ4v) is 2.09. The van der Waals surface area contributed by atoms with Crippen molar-refractivity contribution in [3.8, 4) is 0 Å². The Morgan fingerprint density at radius 3 is 1.95 bits per heavy atom. The highest BCUT2D eigenvalue weighted by Gasteiger charge is 2.05. The lowest BCUT2D eigenvalue weighted by molar-refractivity contribution is 0.0526. The first kappa shape index (κ1) is 14.6. The van der Waals surface area contributed by atoms with E-state index < -0.39 is 0 Å². The van der Waals surface area contributed by atoms with Crippen LogP contribution in [0.2, 0.25) is 5.02 Å². The van der Waals surface area contributed by atoms with Gasteiger partial charge in [0.1, 0.15) is 0 Å². The summed E-state index contributed by atoms with van der Waals surface area (Å²) in [5.74, 6) is -0.267. The summed E-state index contributed by atoms with van der Waals surface area (Å²) >= 11 is 5.86. The highest BCUT2D eigenvalue weighted by Crippen LogP contribution is 2.13. The van der Waals surface area contributed by atoms with Gasteiger partial charge in [0.25, 0.3) is 0 Å². The van der Waals surface area contributed by atoms with E-state index in [1.54, 1.807) is 6.92 Å². The van der Waals surface area contributed by atoms with Crippen LogP contribution in [0.25, 0.3) is 0 Å². The minimum Gasteiger partial charge on any atom is -0.462 e. The largest absolute Gasteiger partial charge is 0.462 e. The van der Waals surface area contributed by atoms with Crippen LogP contribution in [0.15, 0.2) is 48.5 Å².